The molecule has 0 aliphatic carbocycles. The van der Waals surface area contributed by atoms with Crippen molar-refractivity contribution in [3.8, 4) is 0 Å². The second kappa shape index (κ2) is 75.5. The molecule has 19 heteroatoms. The Bertz CT molecular complexity index is 1980. The molecule has 0 bridgehead atoms. The number of esters is 4. The fourth-order valence-electron chi connectivity index (χ4n) is 13.0. The molecule has 3 N–H and O–H groups in total. The predicted molar refractivity (Wildman–Crippen MR) is 423 cm³/mol. The van der Waals surface area contributed by atoms with Gasteiger partial charge in [0.1, 0.15) is 19.3 Å². The van der Waals surface area contributed by atoms with Gasteiger partial charge in [0.25, 0.3) is 0 Å². The number of hydrogen-bond donors (Lipinski definition) is 3. The molecular weight excluding hydrogens is 1340 g/mol. The molecule has 0 radical (unpaired) electrons. The molecule has 103 heavy (non-hydrogen) atoms. The minimum Gasteiger partial charge on any atom is -0.462 e. The Labute approximate surface area is 632 Å². The van der Waals surface area contributed by atoms with Crippen LogP contribution in [0.25, 0.3) is 0 Å². The number of rotatable bonds is 83. The van der Waals surface area contributed by atoms with Gasteiger partial charge in [-0.3, -0.25) is 37.3 Å². The van der Waals surface area contributed by atoms with Gasteiger partial charge in [-0.2, -0.15) is 0 Å². The lowest BCUT2D eigenvalue weighted by Gasteiger charge is -2.21. The fraction of sp³-hybridized carbons (Fsp3) is 0.952. The molecule has 0 amide bonds. The van der Waals surface area contributed by atoms with E-state index in [-0.39, 0.29) is 25.7 Å². The topological polar surface area (TPSA) is 237 Å². The summed E-state index contributed by atoms with van der Waals surface area (Å²) in [7, 11) is -9.92. The standard InChI is InChI=1S/C84H164O17P2/c1-7-10-12-14-16-18-20-22-24-25-26-27-28-29-30-31-37-41-45-49-57-63-69-83(88)100-79(72-94-81(86)66-60-54-47-43-39-36-33-32-34-38-42-46-53-59-65-77(6)9-3)74-98-102(90,91)96-70-78(85)71-97-103(92,93)99-75-80(73-95-82(87)67-61-55-51-50-52-58-64-76(4)5)101-84(89)68-62-56-48-44-40-35-23-21-19-17-15-13-11-8-2/h76-80,85H,7-75H2,1-6H3,(H,90,91)(H,92,93)/t77?,78-,79-,80-/m1/s1. The summed E-state index contributed by atoms with van der Waals surface area (Å²) >= 11 is 0. The smallest absolute Gasteiger partial charge is 0.462 e. The van der Waals surface area contributed by atoms with Crippen molar-refractivity contribution >= 4 is 39.5 Å². The van der Waals surface area contributed by atoms with E-state index < -0.39 is 97.5 Å². The molecule has 0 aliphatic heterocycles. The van der Waals surface area contributed by atoms with E-state index in [0.29, 0.717) is 31.6 Å². The molecule has 0 aliphatic rings. The van der Waals surface area contributed by atoms with Crippen molar-refractivity contribution in [3.05, 3.63) is 0 Å². The van der Waals surface area contributed by atoms with Crippen molar-refractivity contribution in [2.24, 2.45) is 11.8 Å². The van der Waals surface area contributed by atoms with Crippen LogP contribution in [0.3, 0.4) is 0 Å². The highest BCUT2D eigenvalue weighted by Gasteiger charge is 2.30. The number of hydrogen-bond acceptors (Lipinski definition) is 15. The van der Waals surface area contributed by atoms with Gasteiger partial charge in [-0.15, -0.1) is 0 Å². The van der Waals surface area contributed by atoms with Crippen molar-refractivity contribution in [1.82, 2.24) is 0 Å². The fourth-order valence-corrected chi connectivity index (χ4v) is 14.6. The second-order valence-electron chi connectivity index (χ2n) is 30.9. The highest BCUT2D eigenvalue weighted by atomic mass is 31.2. The third-order valence-corrected chi connectivity index (χ3v) is 22.0. The van der Waals surface area contributed by atoms with Gasteiger partial charge in [-0.1, -0.05) is 395 Å². The molecule has 0 aromatic rings. The van der Waals surface area contributed by atoms with E-state index in [9.17, 15) is 43.2 Å². The van der Waals surface area contributed by atoms with Crippen LogP contribution in [0.2, 0.25) is 0 Å². The van der Waals surface area contributed by atoms with E-state index in [2.05, 4.69) is 41.5 Å². The van der Waals surface area contributed by atoms with Gasteiger partial charge < -0.3 is 33.8 Å². The lowest BCUT2D eigenvalue weighted by atomic mass is 9.99. The number of ether oxygens (including phenoxy) is 4. The number of carbonyl (C=O) groups excluding carboxylic acids is 4. The van der Waals surface area contributed by atoms with Crippen molar-refractivity contribution in [2.75, 3.05) is 39.6 Å². The van der Waals surface area contributed by atoms with Crippen LogP contribution in [0.15, 0.2) is 0 Å². The van der Waals surface area contributed by atoms with Crippen molar-refractivity contribution in [1.29, 1.82) is 0 Å². The molecule has 3 unspecified atom stereocenters. The van der Waals surface area contributed by atoms with E-state index in [0.717, 1.165) is 102 Å². The maximum atomic E-state index is 13.1. The maximum absolute atomic E-state index is 13.1. The number of aliphatic hydroxyl groups is 1. The molecule has 17 nitrogen and oxygen atoms in total. The third-order valence-electron chi connectivity index (χ3n) is 20.1. The van der Waals surface area contributed by atoms with Gasteiger partial charge in [0.15, 0.2) is 12.2 Å². The quantitative estimate of drug-likeness (QED) is 0.0222. The summed E-state index contributed by atoms with van der Waals surface area (Å²) < 4.78 is 68.8. The molecule has 0 aromatic heterocycles. The van der Waals surface area contributed by atoms with Crippen LogP contribution in [0.1, 0.15) is 446 Å². The average Bonchev–Trinajstić information content (AvgIpc) is 0.930. The van der Waals surface area contributed by atoms with Gasteiger partial charge >= 0.3 is 39.5 Å². The first-order valence-electron chi connectivity index (χ1n) is 43.5. The van der Waals surface area contributed by atoms with Gasteiger partial charge in [-0.05, 0) is 37.5 Å². The van der Waals surface area contributed by atoms with Crippen LogP contribution >= 0.6 is 15.6 Å². The summed E-state index contributed by atoms with van der Waals surface area (Å²) in [4.78, 5) is 73.1. The summed E-state index contributed by atoms with van der Waals surface area (Å²) in [6.45, 7) is 9.62. The Morgan fingerprint density at radius 3 is 0.738 bits per heavy atom. The van der Waals surface area contributed by atoms with E-state index in [1.165, 1.54) is 257 Å². The Morgan fingerprint density at radius 2 is 0.495 bits per heavy atom. The number of carbonyl (C=O) groups is 4. The Kier molecular flexibility index (Phi) is 74.1. The van der Waals surface area contributed by atoms with E-state index in [1.807, 2.05) is 0 Å². The molecule has 0 spiro atoms. The Morgan fingerprint density at radius 1 is 0.282 bits per heavy atom. The summed E-state index contributed by atoms with van der Waals surface area (Å²) in [6.07, 6.45) is 66.8. The summed E-state index contributed by atoms with van der Waals surface area (Å²) in [5, 5.41) is 10.7. The van der Waals surface area contributed by atoms with Crippen molar-refractivity contribution < 1.29 is 80.2 Å². The van der Waals surface area contributed by atoms with Crippen molar-refractivity contribution in [3.63, 3.8) is 0 Å². The second-order valence-corrected chi connectivity index (χ2v) is 33.8. The van der Waals surface area contributed by atoms with Crippen LogP contribution in [0, 0.1) is 11.8 Å². The zero-order valence-electron chi connectivity index (χ0n) is 67.6. The minimum atomic E-state index is -4.96. The van der Waals surface area contributed by atoms with Crippen LogP contribution in [0.5, 0.6) is 0 Å². The van der Waals surface area contributed by atoms with Crippen LogP contribution in [-0.4, -0.2) is 96.7 Å². The first-order valence-corrected chi connectivity index (χ1v) is 46.5. The SMILES string of the molecule is CCCCCCCCCCCCCCCCCCCCCCCCC(=O)O[C@H](COC(=O)CCCCCCCCCCCCCCCCC(C)CC)COP(=O)(O)OC[C@@H](O)COP(=O)(O)OC[C@@H](COC(=O)CCCCCCCCC(C)C)OC(=O)CCCCCCCCCCCCCCCC. The van der Waals surface area contributed by atoms with Crippen LogP contribution in [-0.2, 0) is 65.4 Å². The molecule has 0 rings (SSSR count). The van der Waals surface area contributed by atoms with Crippen molar-refractivity contribution in [2.45, 2.75) is 464 Å². The first kappa shape index (κ1) is 101. The first-order chi connectivity index (χ1) is 49.9. The molecular formula is C84H164O17P2. The number of unbranched alkanes of at least 4 members (excludes halogenated alkanes) is 52. The van der Waals surface area contributed by atoms with Gasteiger partial charge in [0, 0.05) is 25.7 Å². The summed E-state index contributed by atoms with van der Waals surface area (Å²) in [5.74, 6) is -0.578. The molecule has 612 valence electrons. The number of aliphatic hydroxyl groups excluding tert-OH is 1. The Hall–Kier alpha value is -1.94. The van der Waals surface area contributed by atoms with Gasteiger partial charge in [-0.25, -0.2) is 9.13 Å². The molecule has 6 atom stereocenters. The average molecular weight is 1510 g/mol. The number of phosphoric ester groups is 2. The highest BCUT2D eigenvalue weighted by molar-refractivity contribution is 7.47. The molecule has 0 heterocycles. The Balaban J connectivity index is 5.20. The normalized spacial score (nSPS) is 14.1. The van der Waals surface area contributed by atoms with Gasteiger partial charge in [0.2, 0.25) is 0 Å². The zero-order valence-corrected chi connectivity index (χ0v) is 69.4. The van der Waals surface area contributed by atoms with Crippen LogP contribution < -0.4 is 0 Å². The summed E-state index contributed by atoms with van der Waals surface area (Å²) in [6, 6.07) is 0. The lowest BCUT2D eigenvalue weighted by Crippen LogP contribution is -2.30. The molecule has 0 saturated carbocycles. The lowest BCUT2D eigenvalue weighted by molar-refractivity contribution is -0.161. The largest absolute Gasteiger partial charge is 0.472 e. The predicted octanol–water partition coefficient (Wildman–Crippen LogP) is 25.5. The van der Waals surface area contributed by atoms with E-state index in [4.69, 9.17) is 37.0 Å². The zero-order chi connectivity index (χ0) is 75.6. The van der Waals surface area contributed by atoms with Gasteiger partial charge in [0.05, 0.1) is 26.4 Å². The maximum Gasteiger partial charge on any atom is 0.472 e. The highest BCUT2D eigenvalue weighted by Crippen LogP contribution is 2.45. The third kappa shape index (κ3) is 76.6. The molecule has 0 saturated heterocycles. The number of phosphoric acid groups is 2. The summed E-state index contributed by atoms with van der Waals surface area (Å²) in [5.41, 5.74) is 0. The minimum absolute atomic E-state index is 0.107. The monoisotopic (exact) mass is 1510 g/mol. The van der Waals surface area contributed by atoms with Crippen LogP contribution in [0.4, 0.5) is 0 Å². The van der Waals surface area contributed by atoms with E-state index >= 15 is 0 Å². The molecule has 0 fully saturated rings. The molecule has 0 aromatic carbocycles. The van der Waals surface area contributed by atoms with E-state index in [1.54, 1.807) is 0 Å².